The zero-order valence-electron chi connectivity index (χ0n) is 19.7. The highest BCUT2D eigenvalue weighted by atomic mass is 35.5. The van der Waals surface area contributed by atoms with Gasteiger partial charge in [0.2, 0.25) is 5.91 Å². The molecule has 1 fully saturated rings. The number of likely N-dealkylation sites (tertiary alicyclic amines) is 1. The molecule has 4 rings (SSSR count). The summed E-state index contributed by atoms with van der Waals surface area (Å²) in [5.74, 6) is 0.420. The fraction of sp³-hybridized carbons (Fsp3) is 0.345. The van der Waals surface area contributed by atoms with Crippen LogP contribution in [0.2, 0.25) is 10.0 Å². The number of hydrogen-bond acceptors (Lipinski definition) is 2. The van der Waals surface area contributed by atoms with E-state index in [1.165, 1.54) is 5.56 Å². The predicted molar refractivity (Wildman–Crippen MR) is 141 cm³/mol. The van der Waals surface area contributed by atoms with Crippen LogP contribution >= 0.6 is 23.2 Å². The molecule has 0 aliphatic carbocycles. The second kappa shape index (κ2) is 12.5. The molecule has 3 aromatic carbocycles. The molecule has 1 unspecified atom stereocenters. The van der Waals surface area contributed by atoms with E-state index >= 15 is 0 Å². The van der Waals surface area contributed by atoms with E-state index in [1.807, 2.05) is 36.4 Å². The van der Waals surface area contributed by atoms with E-state index in [2.05, 4.69) is 22.3 Å². The summed E-state index contributed by atoms with van der Waals surface area (Å²) < 4.78 is 13.2. The minimum atomic E-state index is -0.180. The van der Waals surface area contributed by atoms with Gasteiger partial charge in [-0.15, -0.1) is 0 Å². The second-order valence-corrected chi connectivity index (χ2v) is 10.2. The molecule has 0 radical (unpaired) electrons. The number of nitrogens with zero attached hydrogens (tertiary/aromatic N) is 1. The summed E-state index contributed by atoms with van der Waals surface area (Å²) in [6.07, 6.45) is 4.38. The summed E-state index contributed by atoms with van der Waals surface area (Å²) in [5, 5.41) is 4.17. The molecule has 1 aliphatic heterocycles. The van der Waals surface area contributed by atoms with Crippen molar-refractivity contribution in [1.82, 2.24) is 10.2 Å². The Morgan fingerprint density at radius 2 is 1.63 bits per heavy atom. The molecule has 0 spiro atoms. The molecule has 0 bridgehead atoms. The zero-order chi connectivity index (χ0) is 24.6. The Morgan fingerprint density at radius 1 is 0.943 bits per heavy atom. The van der Waals surface area contributed by atoms with Crippen molar-refractivity contribution in [2.24, 2.45) is 5.92 Å². The molecule has 35 heavy (non-hydrogen) atoms. The Bertz CT molecular complexity index is 1100. The molecular weight excluding hydrogens is 482 g/mol. The highest BCUT2D eigenvalue weighted by Crippen LogP contribution is 2.25. The first-order valence-electron chi connectivity index (χ1n) is 12.2. The number of amides is 1. The topological polar surface area (TPSA) is 32.3 Å². The third-order valence-electron chi connectivity index (χ3n) is 6.76. The van der Waals surface area contributed by atoms with Gasteiger partial charge in [0.1, 0.15) is 5.82 Å². The Labute approximate surface area is 217 Å². The monoisotopic (exact) mass is 512 g/mol. The molecule has 3 nitrogen and oxygen atoms in total. The van der Waals surface area contributed by atoms with Crippen molar-refractivity contribution in [2.45, 2.75) is 38.1 Å². The predicted octanol–water partition coefficient (Wildman–Crippen LogP) is 6.88. The molecule has 1 saturated heterocycles. The van der Waals surface area contributed by atoms with Crippen molar-refractivity contribution in [3.8, 4) is 0 Å². The van der Waals surface area contributed by atoms with E-state index < -0.39 is 0 Å². The average Bonchev–Trinajstić information content (AvgIpc) is 2.87. The van der Waals surface area contributed by atoms with Gasteiger partial charge in [0.25, 0.3) is 0 Å². The Balaban J connectivity index is 1.29. The summed E-state index contributed by atoms with van der Waals surface area (Å²) >= 11 is 12.1. The third kappa shape index (κ3) is 7.79. The minimum absolute atomic E-state index is 0.0322. The van der Waals surface area contributed by atoms with E-state index in [4.69, 9.17) is 23.2 Å². The largest absolute Gasteiger partial charge is 0.349 e. The van der Waals surface area contributed by atoms with Crippen molar-refractivity contribution in [3.05, 3.63) is 105 Å². The lowest BCUT2D eigenvalue weighted by Crippen LogP contribution is -2.37. The molecule has 1 heterocycles. The van der Waals surface area contributed by atoms with E-state index in [9.17, 15) is 9.18 Å². The zero-order valence-corrected chi connectivity index (χ0v) is 21.2. The lowest BCUT2D eigenvalue weighted by atomic mass is 9.90. The average molecular weight is 513 g/mol. The maximum Gasteiger partial charge on any atom is 0.224 e. The number of carbonyl (C=O) groups excluding carboxylic acids is 1. The molecule has 1 N–H and O–H groups in total. The summed E-state index contributed by atoms with van der Waals surface area (Å²) in [4.78, 5) is 15.3. The fourth-order valence-corrected chi connectivity index (χ4v) is 5.09. The maximum absolute atomic E-state index is 13.2. The highest BCUT2D eigenvalue weighted by Gasteiger charge is 2.22. The number of piperidine rings is 1. The number of halogens is 3. The van der Waals surface area contributed by atoms with Crippen LogP contribution in [0.4, 0.5) is 4.39 Å². The first-order valence-corrected chi connectivity index (χ1v) is 13.0. The highest BCUT2D eigenvalue weighted by molar-refractivity contribution is 6.42. The molecule has 0 saturated carbocycles. The van der Waals surface area contributed by atoms with Gasteiger partial charge < -0.3 is 10.2 Å². The number of rotatable bonds is 9. The smallest absolute Gasteiger partial charge is 0.224 e. The molecule has 1 atom stereocenters. The number of carbonyl (C=O) groups is 1. The number of benzene rings is 3. The number of hydrogen-bond donors (Lipinski definition) is 1. The van der Waals surface area contributed by atoms with Gasteiger partial charge in [-0.1, -0.05) is 71.7 Å². The molecule has 184 valence electrons. The Kier molecular flexibility index (Phi) is 9.19. The van der Waals surface area contributed by atoms with Crippen molar-refractivity contribution in [3.63, 3.8) is 0 Å². The van der Waals surface area contributed by atoms with Crippen LogP contribution in [0, 0.1) is 11.7 Å². The summed E-state index contributed by atoms with van der Waals surface area (Å²) in [6.45, 7) is 3.02. The number of nitrogens with one attached hydrogen (secondary N) is 1. The van der Waals surface area contributed by atoms with Crippen molar-refractivity contribution in [2.75, 3.05) is 19.6 Å². The van der Waals surface area contributed by atoms with Crippen LogP contribution in [-0.2, 0) is 17.6 Å². The Morgan fingerprint density at radius 3 is 2.31 bits per heavy atom. The normalized spacial score (nSPS) is 15.6. The van der Waals surface area contributed by atoms with E-state index in [-0.39, 0.29) is 24.2 Å². The van der Waals surface area contributed by atoms with E-state index in [1.54, 1.807) is 24.3 Å². The van der Waals surface area contributed by atoms with Crippen molar-refractivity contribution in [1.29, 1.82) is 0 Å². The molecule has 3 aromatic rings. The molecular formula is C29H31Cl2FN2O. The van der Waals surface area contributed by atoms with Gasteiger partial charge in [0.05, 0.1) is 22.5 Å². The molecule has 1 amide bonds. The summed E-state index contributed by atoms with van der Waals surface area (Å²) in [5.41, 5.74) is 3.16. The fourth-order valence-electron chi connectivity index (χ4n) is 4.77. The Hall–Kier alpha value is -2.40. The first kappa shape index (κ1) is 25.7. The van der Waals surface area contributed by atoms with Gasteiger partial charge in [-0.3, -0.25) is 4.79 Å². The first-order chi connectivity index (χ1) is 17.0. The van der Waals surface area contributed by atoms with Crippen LogP contribution in [0.25, 0.3) is 0 Å². The maximum atomic E-state index is 13.2. The lowest BCUT2D eigenvalue weighted by molar-refractivity contribution is -0.121. The van der Waals surface area contributed by atoms with Crippen LogP contribution in [0.5, 0.6) is 0 Å². The van der Waals surface area contributed by atoms with Crippen LogP contribution in [0.3, 0.4) is 0 Å². The van der Waals surface area contributed by atoms with Gasteiger partial charge in [-0.2, -0.15) is 0 Å². The molecule has 6 heteroatoms. The molecule has 0 aromatic heterocycles. The standard InChI is InChI=1S/C29H31Cl2FN2O/c30-26-11-8-23(19-27(26)31)20-29(35)33-28(24-4-2-1-3-5-24)14-17-34-15-12-22(13-16-34)18-21-6-9-25(32)10-7-21/h1-11,19,22,28H,12-18,20H2,(H,33,35). The van der Waals surface area contributed by atoms with E-state index in [0.717, 1.165) is 56.4 Å². The molecule has 1 aliphatic rings. The quantitative estimate of drug-likeness (QED) is 0.339. The van der Waals surface area contributed by atoms with Crippen molar-refractivity contribution >= 4 is 29.1 Å². The van der Waals surface area contributed by atoms with Gasteiger partial charge in [0, 0.05) is 6.54 Å². The second-order valence-electron chi connectivity index (χ2n) is 9.36. The van der Waals surface area contributed by atoms with Crippen LogP contribution in [-0.4, -0.2) is 30.4 Å². The SMILES string of the molecule is O=C(Cc1ccc(Cl)c(Cl)c1)NC(CCN1CCC(Cc2ccc(F)cc2)CC1)c1ccccc1. The van der Waals surface area contributed by atoms with Gasteiger partial charge >= 0.3 is 0 Å². The lowest BCUT2D eigenvalue weighted by Gasteiger charge is -2.33. The summed E-state index contributed by atoms with van der Waals surface area (Å²) in [6, 6.07) is 22.3. The minimum Gasteiger partial charge on any atom is -0.349 e. The van der Waals surface area contributed by atoms with Crippen LogP contribution in [0.1, 0.15) is 42.0 Å². The third-order valence-corrected chi connectivity index (χ3v) is 7.50. The van der Waals surface area contributed by atoms with Gasteiger partial charge in [-0.25, -0.2) is 4.39 Å². The van der Waals surface area contributed by atoms with Gasteiger partial charge in [0.15, 0.2) is 0 Å². The van der Waals surface area contributed by atoms with Crippen molar-refractivity contribution < 1.29 is 9.18 Å². The summed E-state index contributed by atoms with van der Waals surface area (Å²) in [7, 11) is 0. The van der Waals surface area contributed by atoms with Crippen LogP contribution in [0.15, 0.2) is 72.8 Å². The van der Waals surface area contributed by atoms with E-state index in [0.29, 0.717) is 16.0 Å². The van der Waals surface area contributed by atoms with Gasteiger partial charge in [-0.05, 0) is 85.6 Å². The van der Waals surface area contributed by atoms with Crippen LogP contribution < -0.4 is 5.32 Å².